The Morgan fingerprint density at radius 1 is 1.30 bits per heavy atom. The van der Waals surface area contributed by atoms with Crippen molar-refractivity contribution >= 4 is 27.0 Å². The molecule has 0 aliphatic rings. The number of nitrogens with one attached hydrogen (secondary N) is 1. The van der Waals surface area contributed by atoms with Gasteiger partial charge in [0.25, 0.3) is 10.0 Å². The second kappa shape index (κ2) is 5.95. The SMILES string of the molecule is CCc1cccc(NS(=O)(=O)c2cc(CN)sc2C)c1. The molecule has 0 spiro atoms. The molecule has 0 saturated carbocycles. The molecule has 0 aliphatic heterocycles. The molecule has 0 aliphatic carbocycles. The van der Waals surface area contributed by atoms with Gasteiger partial charge in [0, 0.05) is 22.0 Å². The Morgan fingerprint density at radius 3 is 2.65 bits per heavy atom. The third-order valence-corrected chi connectivity index (χ3v) is 5.71. The topological polar surface area (TPSA) is 72.2 Å². The van der Waals surface area contributed by atoms with Crippen LogP contribution in [0.3, 0.4) is 0 Å². The summed E-state index contributed by atoms with van der Waals surface area (Å²) in [5.41, 5.74) is 7.24. The molecule has 1 aromatic carbocycles. The number of rotatable bonds is 5. The number of sulfonamides is 1. The van der Waals surface area contributed by atoms with E-state index >= 15 is 0 Å². The Hall–Kier alpha value is -1.37. The van der Waals surface area contributed by atoms with Crippen molar-refractivity contribution in [1.82, 2.24) is 0 Å². The Balaban J connectivity index is 2.32. The molecule has 4 nitrogen and oxygen atoms in total. The zero-order chi connectivity index (χ0) is 14.8. The summed E-state index contributed by atoms with van der Waals surface area (Å²) in [6.45, 7) is 4.18. The lowest BCUT2D eigenvalue weighted by Crippen LogP contribution is -2.13. The first-order valence-electron chi connectivity index (χ1n) is 6.37. The summed E-state index contributed by atoms with van der Waals surface area (Å²) in [7, 11) is -3.55. The second-order valence-corrected chi connectivity index (χ2v) is 7.49. The van der Waals surface area contributed by atoms with Gasteiger partial charge >= 0.3 is 0 Å². The van der Waals surface area contributed by atoms with Crippen molar-refractivity contribution in [3.05, 3.63) is 45.6 Å². The molecule has 0 fully saturated rings. The van der Waals surface area contributed by atoms with Gasteiger partial charge in [0.2, 0.25) is 0 Å². The van der Waals surface area contributed by atoms with Crippen molar-refractivity contribution < 1.29 is 8.42 Å². The van der Waals surface area contributed by atoms with Gasteiger partial charge in [0.05, 0.1) is 0 Å². The average molecular weight is 310 g/mol. The first kappa shape index (κ1) is 15.0. The third kappa shape index (κ3) is 3.20. The summed E-state index contributed by atoms with van der Waals surface area (Å²) in [5, 5.41) is 0. The van der Waals surface area contributed by atoms with Gasteiger partial charge in [-0.3, -0.25) is 4.72 Å². The van der Waals surface area contributed by atoms with Crippen LogP contribution < -0.4 is 10.5 Å². The van der Waals surface area contributed by atoms with Crippen molar-refractivity contribution in [2.45, 2.75) is 31.7 Å². The van der Waals surface area contributed by atoms with Crippen LogP contribution in [0.25, 0.3) is 0 Å². The number of hydrogen-bond acceptors (Lipinski definition) is 4. The highest BCUT2D eigenvalue weighted by atomic mass is 32.2. The number of benzene rings is 1. The molecule has 3 N–H and O–H groups in total. The van der Waals surface area contributed by atoms with E-state index in [0.29, 0.717) is 17.1 Å². The predicted octanol–water partition coefficient (Wildman–Crippen LogP) is 2.88. The third-order valence-electron chi connectivity index (χ3n) is 3.00. The molecule has 0 saturated heterocycles. The smallest absolute Gasteiger partial charge is 0.263 e. The fourth-order valence-electron chi connectivity index (χ4n) is 1.96. The first-order chi connectivity index (χ1) is 9.46. The normalized spacial score (nSPS) is 11.6. The molecule has 0 atom stereocenters. The summed E-state index contributed by atoms with van der Waals surface area (Å²) < 4.78 is 27.4. The lowest BCUT2D eigenvalue weighted by molar-refractivity contribution is 0.601. The lowest BCUT2D eigenvalue weighted by Gasteiger charge is -2.08. The Labute approximate surface area is 123 Å². The van der Waals surface area contributed by atoms with E-state index in [4.69, 9.17) is 5.73 Å². The van der Waals surface area contributed by atoms with Crippen LogP contribution in [0.15, 0.2) is 35.2 Å². The molecule has 108 valence electrons. The van der Waals surface area contributed by atoms with Gasteiger partial charge in [-0.25, -0.2) is 8.42 Å². The largest absolute Gasteiger partial charge is 0.326 e. The quantitative estimate of drug-likeness (QED) is 0.892. The summed E-state index contributed by atoms with van der Waals surface area (Å²) in [4.78, 5) is 1.93. The van der Waals surface area contributed by atoms with Crippen LogP contribution in [-0.4, -0.2) is 8.42 Å². The van der Waals surface area contributed by atoms with Gasteiger partial charge in [-0.2, -0.15) is 0 Å². The molecule has 0 bridgehead atoms. The van der Waals surface area contributed by atoms with Crippen LogP contribution in [0.4, 0.5) is 5.69 Å². The van der Waals surface area contributed by atoms with Crippen molar-refractivity contribution in [2.24, 2.45) is 5.73 Å². The van der Waals surface area contributed by atoms with Crippen LogP contribution in [-0.2, 0) is 23.0 Å². The Kier molecular flexibility index (Phi) is 4.47. The number of hydrogen-bond donors (Lipinski definition) is 2. The van der Waals surface area contributed by atoms with E-state index in [1.165, 1.54) is 11.3 Å². The molecule has 0 unspecified atom stereocenters. The second-order valence-electron chi connectivity index (χ2n) is 4.50. The molecule has 0 amide bonds. The summed E-state index contributed by atoms with van der Waals surface area (Å²) in [5.74, 6) is 0. The van der Waals surface area contributed by atoms with Gasteiger partial charge in [0.15, 0.2) is 0 Å². The van der Waals surface area contributed by atoms with Gasteiger partial charge in [0.1, 0.15) is 4.90 Å². The van der Waals surface area contributed by atoms with Crippen LogP contribution >= 0.6 is 11.3 Å². The fourth-order valence-corrected chi connectivity index (χ4v) is 4.52. The predicted molar refractivity (Wildman–Crippen MR) is 83.6 cm³/mol. The molecular formula is C14H18N2O2S2. The van der Waals surface area contributed by atoms with E-state index in [0.717, 1.165) is 21.7 Å². The monoisotopic (exact) mass is 310 g/mol. The lowest BCUT2D eigenvalue weighted by atomic mass is 10.1. The molecule has 1 heterocycles. The van der Waals surface area contributed by atoms with Crippen molar-refractivity contribution in [2.75, 3.05) is 4.72 Å². The highest BCUT2D eigenvalue weighted by Gasteiger charge is 2.19. The standard InChI is InChI=1S/C14H18N2O2S2/c1-3-11-5-4-6-12(7-11)16-20(17,18)14-8-13(9-15)19-10(14)2/h4-8,16H,3,9,15H2,1-2H3. The summed E-state index contributed by atoms with van der Waals surface area (Å²) >= 11 is 1.42. The minimum Gasteiger partial charge on any atom is -0.326 e. The minimum atomic E-state index is -3.55. The van der Waals surface area contributed by atoms with Gasteiger partial charge in [-0.05, 0) is 37.1 Å². The number of nitrogens with two attached hydrogens (primary N) is 1. The number of aryl methyl sites for hydroxylation is 2. The van der Waals surface area contributed by atoms with Gasteiger partial charge in [-0.1, -0.05) is 19.1 Å². The van der Waals surface area contributed by atoms with Crippen LogP contribution in [0.1, 0.15) is 22.2 Å². The molecule has 6 heteroatoms. The van der Waals surface area contributed by atoms with Crippen LogP contribution in [0, 0.1) is 6.92 Å². The highest BCUT2D eigenvalue weighted by molar-refractivity contribution is 7.93. The molecule has 2 rings (SSSR count). The zero-order valence-corrected chi connectivity index (χ0v) is 13.1. The van der Waals surface area contributed by atoms with Crippen molar-refractivity contribution in [3.63, 3.8) is 0 Å². The van der Waals surface area contributed by atoms with E-state index in [-0.39, 0.29) is 0 Å². The maximum atomic E-state index is 12.4. The Bertz CT molecular complexity index is 706. The molecule has 0 radical (unpaired) electrons. The zero-order valence-electron chi connectivity index (χ0n) is 11.5. The van der Waals surface area contributed by atoms with Crippen molar-refractivity contribution in [1.29, 1.82) is 0 Å². The molecule has 1 aromatic heterocycles. The van der Waals surface area contributed by atoms with E-state index in [1.807, 2.05) is 25.1 Å². The maximum Gasteiger partial charge on any atom is 0.263 e. The minimum absolute atomic E-state index is 0.310. The number of thiophene rings is 1. The number of anilines is 1. The van der Waals surface area contributed by atoms with E-state index in [1.54, 1.807) is 19.1 Å². The van der Waals surface area contributed by atoms with Crippen LogP contribution in [0.5, 0.6) is 0 Å². The highest BCUT2D eigenvalue weighted by Crippen LogP contribution is 2.27. The van der Waals surface area contributed by atoms with Gasteiger partial charge < -0.3 is 5.73 Å². The van der Waals surface area contributed by atoms with E-state index < -0.39 is 10.0 Å². The molecule has 20 heavy (non-hydrogen) atoms. The van der Waals surface area contributed by atoms with Crippen molar-refractivity contribution in [3.8, 4) is 0 Å². The molecular weight excluding hydrogens is 292 g/mol. The van der Waals surface area contributed by atoms with E-state index in [9.17, 15) is 8.42 Å². The Morgan fingerprint density at radius 2 is 2.05 bits per heavy atom. The fraction of sp³-hybridized carbons (Fsp3) is 0.286. The average Bonchev–Trinajstić information content (AvgIpc) is 2.80. The van der Waals surface area contributed by atoms with Gasteiger partial charge in [-0.15, -0.1) is 11.3 Å². The summed E-state index contributed by atoms with van der Waals surface area (Å²) in [6.07, 6.45) is 0.865. The molecule has 2 aromatic rings. The first-order valence-corrected chi connectivity index (χ1v) is 8.67. The van der Waals surface area contributed by atoms with Crippen LogP contribution in [0.2, 0.25) is 0 Å². The summed E-state index contributed by atoms with van der Waals surface area (Å²) in [6, 6.07) is 9.07. The maximum absolute atomic E-state index is 12.4. The van der Waals surface area contributed by atoms with E-state index in [2.05, 4.69) is 4.72 Å².